The highest BCUT2D eigenvalue weighted by Gasteiger charge is 2.30. The molecule has 2 amide bonds. The van der Waals surface area contributed by atoms with Gasteiger partial charge in [0, 0.05) is 38.8 Å². The van der Waals surface area contributed by atoms with Gasteiger partial charge in [0.2, 0.25) is 11.8 Å². The van der Waals surface area contributed by atoms with Gasteiger partial charge in [0.15, 0.2) is 0 Å². The highest BCUT2D eigenvalue weighted by atomic mass is 16.2. The van der Waals surface area contributed by atoms with Crippen molar-refractivity contribution in [2.75, 3.05) is 45.8 Å². The Hall–Kier alpha value is -1.14. The lowest BCUT2D eigenvalue weighted by Crippen LogP contribution is -2.53. The van der Waals surface area contributed by atoms with E-state index < -0.39 is 0 Å². The molecule has 1 aliphatic carbocycles. The summed E-state index contributed by atoms with van der Waals surface area (Å²) in [7, 11) is 0. The smallest absolute Gasteiger partial charge is 0.234 e. The maximum absolute atomic E-state index is 12.4. The molecule has 2 heterocycles. The van der Waals surface area contributed by atoms with E-state index in [1.54, 1.807) is 0 Å². The van der Waals surface area contributed by atoms with Crippen molar-refractivity contribution in [1.29, 1.82) is 0 Å². The molecule has 136 valence electrons. The zero-order chi connectivity index (χ0) is 16.9. The van der Waals surface area contributed by atoms with Crippen LogP contribution >= 0.6 is 0 Å². The summed E-state index contributed by atoms with van der Waals surface area (Å²) < 4.78 is 0. The minimum absolute atomic E-state index is 0.148. The third-order valence-corrected chi connectivity index (χ3v) is 5.84. The van der Waals surface area contributed by atoms with Crippen LogP contribution < -0.4 is 10.6 Å². The third kappa shape index (κ3) is 4.70. The van der Waals surface area contributed by atoms with Crippen LogP contribution in [0.25, 0.3) is 0 Å². The van der Waals surface area contributed by atoms with Crippen molar-refractivity contribution in [3.63, 3.8) is 0 Å². The molecule has 1 unspecified atom stereocenters. The van der Waals surface area contributed by atoms with E-state index in [2.05, 4.69) is 22.5 Å². The van der Waals surface area contributed by atoms with Gasteiger partial charge in [-0.2, -0.15) is 0 Å². The Morgan fingerprint density at radius 2 is 1.75 bits per heavy atom. The van der Waals surface area contributed by atoms with Gasteiger partial charge in [-0.3, -0.25) is 14.5 Å². The number of nitrogens with zero attached hydrogens (tertiary/aromatic N) is 2. The van der Waals surface area contributed by atoms with Gasteiger partial charge in [0.25, 0.3) is 0 Å². The van der Waals surface area contributed by atoms with Gasteiger partial charge in [-0.15, -0.1) is 0 Å². The molecule has 0 bridgehead atoms. The molecule has 2 N–H and O–H groups in total. The molecule has 24 heavy (non-hydrogen) atoms. The molecular formula is C18H32N4O2. The Bertz CT molecular complexity index is 434. The first kappa shape index (κ1) is 17.7. The average molecular weight is 336 g/mol. The Kier molecular flexibility index (Phi) is 6.11. The van der Waals surface area contributed by atoms with Crippen LogP contribution in [-0.2, 0) is 9.59 Å². The monoisotopic (exact) mass is 336 g/mol. The van der Waals surface area contributed by atoms with Gasteiger partial charge >= 0.3 is 0 Å². The number of nitrogens with one attached hydrogen (secondary N) is 2. The quantitative estimate of drug-likeness (QED) is 0.782. The van der Waals surface area contributed by atoms with Gasteiger partial charge in [0.05, 0.1) is 12.5 Å². The lowest BCUT2D eigenvalue weighted by atomic mass is 9.87. The first-order chi connectivity index (χ1) is 11.6. The summed E-state index contributed by atoms with van der Waals surface area (Å²) in [5.74, 6) is 1.40. The summed E-state index contributed by atoms with van der Waals surface area (Å²) in [6.45, 7) is 7.66. The van der Waals surface area contributed by atoms with E-state index in [1.807, 2.05) is 4.90 Å². The van der Waals surface area contributed by atoms with Crippen molar-refractivity contribution in [2.45, 2.75) is 45.1 Å². The predicted molar refractivity (Wildman–Crippen MR) is 93.6 cm³/mol. The topological polar surface area (TPSA) is 64.7 Å². The van der Waals surface area contributed by atoms with E-state index in [0.717, 1.165) is 64.4 Å². The van der Waals surface area contributed by atoms with Crippen LogP contribution in [0.3, 0.4) is 0 Å². The molecule has 3 fully saturated rings. The van der Waals surface area contributed by atoms with Crippen LogP contribution in [-0.4, -0.2) is 73.5 Å². The van der Waals surface area contributed by atoms with Gasteiger partial charge < -0.3 is 15.5 Å². The van der Waals surface area contributed by atoms with Gasteiger partial charge in [-0.05, 0) is 44.6 Å². The summed E-state index contributed by atoms with van der Waals surface area (Å²) in [5.41, 5.74) is 0. The maximum Gasteiger partial charge on any atom is 0.234 e. The van der Waals surface area contributed by atoms with Crippen LogP contribution in [0.2, 0.25) is 0 Å². The summed E-state index contributed by atoms with van der Waals surface area (Å²) >= 11 is 0. The fourth-order valence-electron chi connectivity index (χ4n) is 4.13. The number of rotatable bonds is 4. The molecule has 1 saturated carbocycles. The van der Waals surface area contributed by atoms with E-state index in [4.69, 9.17) is 0 Å². The highest BCUT2D eigenvalue weighted by Crippen LogP contribution is 2.23. The molecule has 0 aromatic heterocycles. The van der Waals surface area contributed by atoms with E-state index in [-0.39, 0.29) is 11.8 Å². The van der Waals surface area contributed by atoms with Crippen LogP contribution in [0.5, 0.6) is 0 Å². The van der Waals surface area contributed by atoms with Crippen molar-refractivity contribution in [2.24, 2.45) is 11.8 Å². The Balaban J connectivity index is 1.35. The minimum Gasteiger partial charge on any atom is -0.352 e. The van der Waals surface area contributed by atoms with Crippen molar-refractivity contribution in [3.8, 4) is 0 Å². The zero-order valence-corrected chi connectivity index (χ0v) is 14.9. The van der Waals surface area contributed by atoms with Crippen LogP contribution in [0.1, 0.15) is 39.0 Å². The molecule has 2 aliphatic heterocycles. The Morgan fingerprint density at radius 3 is 2.38 bits per heavy atom. The second kappa shape index (κ2) is 8.30. The number of hydrogen-bond donors (Lipinski definition) is 2. The first-order valence-electron chi connectivity index (χ1n) is 9.63. The molecular weight excluding hydrogens is 304 g/mol. The second-order valence-electron chi connectivity index (χ2n) is 7.82. The molecule has 0 radical (unpaired) electrons. The molecule has 6 heteroatoms. The second-order valence-corrected chi connectivity index (χ2v) is 7.82. The normalized spacial score (nSPS) is 31.9. The van der Waals surface area contributed by atoms with Crippen LogP contribution in [0.4, 0.5) is 0 Å². The Morgan fingerprint density at radius 1 is 1.04 bits per heavy atom. The molecule has 3 rings (SSSR count). The van der Waals surface area contributed by atoms with Crippen molar-refractivity contribution in [1.82, 2.24) is 20.4 Å². The third-order valence-electron chi connectivity index (χ3n) is 5.84. The van der Waals surface area contributed by atoms with Crippen molar-refractivity contribution >= 4 is 11.8 Å². The summed E-state index contributed by atoms with van der Waals surface area (Å²) in [6.07, 6.45) is 5.64. The summed E-state index contributed by atoms with van der Waals surface area (Å²) in [5, 5.41) is 6.45. The fourth-order valence-corrected chi connectivity index (χ4v) is 4.13. The highest BCUT2D eigenvalue weighted by molar-refractivity contribution is 5.80. The predicted octanol–water partition coefficient (Wildman–Crippen LogP) is 0.435. The van der Waals surface area contributed by atoms with Gasteiger partial charge in [-0.1, -0.05) is 6.92 Å². The minimum atomic E-state index is 0.148. The molecule has 3 aliphatic rings. The average Bonchev–Trinajstić information content (AvgIpc) is 3.11. The van der Waals surface area contributed by atoms with Crippen molar-refractivity contribution < 1.29 is 9.59 Å². The van der Waals surface area contributed by atoms with Crippen molar-refractivity contribution in [3.05, 3.63) is 0 Å². The molecule has 1 atom stereocenters. The largest absolute Gasteiger partial charge is 0.352 e. The van der Waals surface area contributed by atoms with Crippen LogP contribution in [0, 0.1) is 11.8 Å². The van der Waals surface area contributed by atoms with E-state index >= 15 is 0 Å². The number of hydrogen-bond acceptors (Lipinski definition) is 4. The van der Waals surface area contributed by atoms with E-state index in [0.29, 0.717) is 18.5 Å². The molecule has 2 saturated heterocycles. The zero-order valence-electron chi connectivity index (χ0n) is 14.9. The summed E-state index contributed by atoms with van der Waals surface area (Å²) in [6, 6.07) is 0.367. The first-order valence-corrected chi connectivity index (χ1v) is 9.63. The molecule has 0 aromatic rings. The van der Waals surface area contributed by atoms with Gasteiger partial charge in [0.1, 0.15) is 0 Å². The lowest BCUT2D eigenvalue weighted by molar-refractivity contribution is -0.136. The number of carbonyl (C=O) groups is 2. The standard InChI is InChI=1S/C18H32N4O2/c1-14-2-4-16(5-3-14)20-17(23)13-21-8-10-22(11-9-21)18(24)15-6-7-19-12-15/h14-16,19H,2-13H2,1H3,(H,20,23). The number of amides is 2. The van der Waals surface area contributed by atoms with E-state index in [1.165, 1.54) is 12.8 Å². The number of piperazine rings is 1. The lowest BCUT2D eigenvalue weighted by Gasteiger charge is -2.36. The molecule has 0 aromatic carbocycles. The number of carbonyl (C=O) groups excluding carboxylic acids is 2. The molecule has 6 nitrogen and oxygen atoms in total. The van der Waals surface area contributed by atoms with Crippen LogP contribution in [0.15, 0.2) is 0 Å². The maximum atomic E-state index is 12.4. The summed E-state index contributed by atoms with van der Waals surface area (Å²) in [4.78, 5) is 28.8. The van der Waals surface area contributed by atoms with E-state index in [9.17, 15) is 9.59 Å². The SMILES string of the molecule is CC1CCC(NC(=O)CN2CCN(C(=O)C3CCNC3)CC2)CC1. The van der Waals surface area contributed by atoms with Gasteiger partial charge in [-0.25, -0.2) is 0 Å². The Labute approximate surface area is 145 Å². The fraction of sp³-hybridized carbons (Fsp3) is 0.889. The molecule has 0 spiro atoms.